The average molecular weight is 318 g/mol. The third-order valence-corrected chi connectivity index (χ3v) is 3.83. The van der Waals surface area contributed by atoms with Crippen LogP contribution in [0.3, 0.4) is 0 Å². The number of nitrogens with one attached hydrogen (secondary N) is 1. The van der Waals surface area contributed by atoms with E-state index in [-0.39, 0.29) is 36.2 Å². The minimum Gasteiger partial charge on any atom is -0.388 e. The first kappa shape index (κ1) is 19.3. The Morgan fingerprint density at radius 1 is 1.32 bits per heavy atom. The van der Waals surface area contributed by atoms with Crippen molar-refractivity contribution < 1.29 is 25.5 Å². The molecular weight excluding hydrogens is 286 g/mol. The summed E-state index contributed by atoms with van der Waals surface area (Å²) in [5.74, 6) is 2.76. The number of hydrogen-bond acceptors (Lipinski definition) is 6. The molecule has 7 heteroatoms. The Morgan fingerprint density at radius 2 is 1.82 bits per heavy atom. The second-order valence-corrected chi connectivity index (χ2v) is 8.01. The third-order valence-electron chi connectivity index (χ3n) is 3.83. The first-order valence-electron chi connectivity index (χ1n) is 7.71. The standard InChI is InChI=1S/C15H32N3O4/c1-13(2)7-11(17-9-12(19)22-16)8-14(3,4)18(13)21-10-15(5,6)20/h11,17,20H,7-10H2,1-6,16H3/q+1. The van der Waals surface area contributed by atoms with Crippen LogP contribution in [0.25, 0.3) is 0 Å². The number of hydrogen-bond donors (Lipinski definition) is 3. The summed E-state index contributed by atoms with van der Waals surface area (Å²) < 4.78 is 0. The van der Waals surface area contributed by atoms with Crippen molar-refractivity contribution in [2.45, 2.75) is 77.1 Å². The lowest BCUT2D eigenvalue weighted by Gasteiger charge is -2.54. The summed E-state index contributed by atoms with van der Waals surface area (Å²) in [5, 5.41) is 15.1. The molecular formula is C15H32N3O4+. The van der Waals surface area contributed by atoms with Gasteiger partial charge in [-0.1, -0.05) is 0 Å². The second-order valence-electron chi connectivity index (χ2n) is 8.01. The molecule has 1 aliphatic rings. The maximum Gasteiger partial charge on any atom is 0.379 e. The number of quaternary nitrogens is 1. The predicted octanol–water partition coefficient (Wildman–Crippen LogP) is 0.000200. The lowest BCUT2D eigenvalue weighted by molar-refractivity contribution is -0.657. The van der Waals surface area contributed by atoms with Gasteiger partial charge in [0.1, 0.15) is 6.54 Å². The average Bonchev–Trinajstić information content (AvgIpc) is 2.31. The summed E-state index contributed by atoms with van der Waals surface area (Å²) in [6.45, 7) is 12.3. The van der Waals surface area contributed by atoms with Gasteiger partial charge >= 0.3 is 5.97 Å². The molecule has 0 unspecified atom stereocenters. The molecule has 0 saturated carbocycles. The van der Waals surface area contributed by atoms with Crippen molar-refractivity contribution in [3.63, 3.8) is 0 Å². The zero-order valence-corrected chi connectivity index (χ0v) is 14.7. The van der Waals surface area contributed by atoms with Crippen molar-refractivity contribution in [2.75, 3.05) is 13.2 Å². The minimum atomic E-state index is -0.876. The van der Waals surface area contributed by atoms with Crippen LogP contribution in [0.2, 0.25) is 0 Å². The molecule has 0 atom stereocenters. The smallest absolute Gasteiger partial charge is 0.379 e. The maximum absolute atomic E-state index is 11.2. The van der Waals surface area contributed by atoms with E-state index in [0.29, 0.717) is 0 Å². The third kappa shape index (κ3) is 5.48. The van der Waals surface area contributed by atoms with Crippen LogP contribution in [0.5, 0.6) is 0 Å². The summed E-state index contributed by atoms with van der Waals surface area (Å²) in [5.41, 5.74) is -1.32. The Labute approximate surface area is 133 Å². The fourth-order valence-corrected chi connectivity index (χ4v) is 3.26. The highest BCUT2D eigenvalue weighted by atomic mass is 16.7. The summed E-state index contributed by atoms with van der Waals surface area (Å²) in [7, 11) is 0. The molecule has 22 heavy (non-hydrogen) atoms. The van der Waals surface area contributed by atoms with Gasteiger partial charge in [0, 0.05) is 17.1 Å². The molecule has 0 aromatic rings. The van der Waals surface area contributed by atoms with E-state index >= 15 is 0 Å². The molecule has 0 aliphatic carbocycles. The normalized spacial score (nSPS) is 22.5. The fourth-order valence-electron chi connectivity index (χ4n) is 3.26. The van der Waals surface area contributed by atoms with Crippen LogP contribution in [0.1, 0.15) is 54.4 Å². The lowest BCUT2D eigenvalue weighted by Crippen LogP contribution is -2.64. The molecule has 0 aromatic heterocycles. The number of carbonyl (C=O) groups is 1. The van der Waals surface area contributed by atoms with E-state index in [0.717, 1.165) is 12.8 Å². The van der Waals surface area contributed by atoms with Crippen LogP contribution >= 0.6 is 0 Å². The van der Waals surface area contributed by atoms with Crippen molar-refractivity contribution >= 4 is 5.97 Å². The van der Waals surface area contributed by atoms with Gasteiger partial charge < -0.3 is 10.4 Å². The monoisotopic (exact) mass is 318 g/mol. The Bertz CT molecular complexity index is 373. The molecule has 7 nitrogen and oxygen atoms in total. The molecule has 0 spiro atoms. The van der Waals surface area contributed by atoms with Crippen molar-refractivity contribution in [1.29, 1.82) is 0 Å². The van der Waals surface area contributed by atoms with Crippen molar-refractivity contribution in [3.8, 4) is 0 Å². The van der Waals surface area contributed by atoms with Gasteiger partial charge in [-0.05, 0) is 54.4 Å². The van der Waals surface area contributed by atoms with E-state index < -0.39 is 5.60 Å². The zero-order chi connectivity index (χ0) is 17.2. The predicted molar refractivity (Wildman–Crippen MR) is 82.3 cm³/mol. The molecule has 1 heterocycles. The highest BCUT2D eigenvalue weighted by molar-refractivity contribution is 5.70. The summed E-state index contributed by atoms with van der Waals surface area (Å²) in [4.78, 5) is 21.6. The van der Waals surface area contributed by atoms with Crippen molar-refractivity contribution in [1.82, 2.24) is 10.4 Å². The summed E-state index contributed by atoms with van der Waals surface area (Å²) >= 11 is 0. The molecule has 1 fully saturated rings. The lowest BCUT2D eigenvalue weighted by atomic mass is 9.79. The van der Waals surface area contributed by atoms with Gasteiger partial charge in [-0.2, -0.15) is 11.0 Å². The maximum atomic E-state index is 11.2. The Hall–Kier alpha value is -0.730. The molecule has 1 rings (SSSR count). The van der Waals surface area contributed by atoms with E-state index in [9.17, 15) is 9.90 Å². The van der Waals surface area contributed by atoms with Crippen LogP contribution in [-0.2, 0) is 14.5 Å². The van der Waals surface area contributed by atoms with E-state index in [1.807, 2.05) is 5.06 Å². The second kappa shape index (κ2) is 6.80. The molecule has 0 bridgehead atoms. The number of hydroxylamine groups is 2. The number of rotatable bonds is 6. The van der Waals surface area contributed by atoms with Crippen LogP contribution in [-0.4, -0.2) is 52.0 Å². The van der Waals surface area contributed by atoms with Gasteiger partial charge in [0.25, 0.3) is 0 Å². The summed E-state index contributed by atoms with van der Waals surface area (Å²) in [6.07, 6.45) is 1.65. The van der Waals surface area contributed by atoms with E-state index in [4.69, 9.17) is 4.84 Å². The van der Waals surface area contributed by atoms with Gasteiger partial charge in [0.15, 0.2) is 0 Å². The Kier molecular flexibility index (Phi) is 5.97. The molecule has 0 radical (unpaired) electrons. The minimum absolute atomic E-state index is 0.158. The number of aliphatic hydroxyl groups is 1. The topological polar surface area (TPSA) is 98.7 Å². The van der Waals surface area contributed by atoms with Crippen LogP contribution in [0.4, 0.5) is 0 Å². The number of nitrogens with zero attached hydrogens (tertiary/aromatic N) is 1. The molecule has 1 saturated heterocycles. The first-order valence-corrected chi connectivity index (χ1v) is 7.71. The Morgan fingerprint density at radius 3 is 2.23 bits per heavy atom. The van der Waals surface area contributed by atoms with Crippen molar-refractivity contribution in [2.24, 2.45) is 0 Å². The SMILES string of the molecule is CC(C)(O)CON1C(C)(C)CC(NCC(=O)O[NH3+])CC1(C)C. The van der Waals surface area contributed by atoms with E-state index in [1.165, 1.54) is 0 Å². The largest absolute Gasteiger partial charge is 0.388 e. The van der Waals surface area contributed by atoms with Gasteiger partial charge in [0.2, 0.25) is 0 Å². The zero-order valence-electron chi connectivity index (χ0n) is 14.7. The fraction of sp³-hybridized carbons (Fsp3) is 0.933. The van der Waals surface area contributed by atoms with Gasteiger partial charge in [-0.15, -0.1) is 0 Å². The van der Waals surface area contributed by atoms with Crippen molar-refractivity contribution in [3.05, 3.63) is 0 Å². The Balaban J connectivity index is 2.73. The van der Waals surface area contributed by atoms with Gasteiger partial charge in [0.05, 0.1) is 12.2 Å². The molecule has 0 aromatic carbocycles. The van der Waals surface area contributed by atoms with Gasteiger partial charge in [-0.25, -0.2) is 4.79 Å². The number of carbonyl (C=O) groups excluding carboxylic acids is 1. The van der Waals surface area contributed by atoms with Crippen LogP contribution < -0.4 is 11.2 Å². The molecule has 5 N–H and O–H groups in total. The highest BCUT2D eigenvalue weighted by Gasteiger charge is 2.46. The molecule has 130 valence electrons. The first-order chi connectivity index (χ1) is 9.87. The van der Waals surface area contributed by atoms with E-state index in [2.05, 4.69) is 43.7 Å². The van der Waals surface area contributed by atoms with Crippen LogP contribution in [0, 0.1) is 0 Å². The van der Waals surface area contributed by atoms with Crippen LogP contribution in [0.15, 0.2) is 0 Å². The van der Waals surface area contributed by atoms with Gasteiger partial charge in [-0.3, -0.25) is 9.68 Å². The van der Waals surface area contributed by atoms with E-state index in [1.54, 1.807) is 13.8 Å². The molecule has 1 aliphatic heterocycles. The molecule has 0 amide bonds. The number of piperidine rings is 1. The highest BCUT2D eigenvalue weighted by Crippen LogP contribution is 2.38. The summed E-state index contributed by atoms with van der Waals surface area (Å²) in [6, 6.07) is 0.186. The quantitative estimate of drug-likeness (QED) is 0.596.